The van der Waals surface area contributed by atoms with E-state index in [2.05, 4.69) is 5.32 Å². The van der Waals surface area contributed by atoms with Crippen LogP contribution in [0.3, 0.4) is 0 Å². The van der Waals surface area contributed by atoms with Gasteiger partial charge >= 0.3 is 18.5 Å². The lowest BCUT2D eigenvalue weighted by Gasteiger charge is -2.23. The van der Waals surface area contributed by atoms with Gasteiger partial charge < -0.3 is 15.2 Å². The van der Waals surface area contributed by atoms with Crippen molar-refractivity contribution >= 4 is 11.6 Å². The highest BCUT2D eigenvalue weighted by Gasteiger charge is 2.38. The molecule has 212 valence electrons. The number of rotatable bonds is 8. The Morgan fingerprint density at radius 2 is 1.49 bits per heavy atom. The predicted octanol–water partition coefficient (Wildman–Crippen LogP) is 8.11. The zero-order chi connectivity index (χ0) is 29.2. The maximum Gasteiger partial charge on any atom is 0.417 e. The Morgan fingerprint density at radius 3 is 2.10 bits per heavy atom. The molecule has 0 aromatic heterocycles. The molecule has 0 aliphatic rings. The van der Waals surface area contributed by atoms with Crippen molar-refractivity contribution in [2.75, 3.05) is 6.54 Å². The Hall–Kier alpha value is -3.03. The number of alkyl halides is 9. The molecule has 3 aromatic carbocycles. The maximum atomic E-state index is 14.4. The number of nitrogens with one attached hydrogen (secondary N) is 1. The summed E-state index contributed by atoms with van der Waals surface area (Å²) in [6.45, 7) is -1.09. The van der Waals surface area contributed by atoms with Crippen molar-refractivity contribution in [2.24, 2.45) is 0 Å². The molecule has 3 rings (SSSR count). The molecule has 0 aliphatic carbocycles. The second-order valence-electron chi connectivity index (χ2n) is 8.34. The van der Waals surface area contributed by atoms with Crippen molar-refractivity contribution in [3.63, 3.8) is 0 Å². The molecule has 0 bridgehead atoms. The number of aliphatic hydroxyl groups is 1. The van der Waals surface area contributed by atoms with Gasteiger partial charge in [0.05, 0.1) is 16.1 Å². The zero-order valence-electron chi connectivity index (χ0n) is 19.4. The van der Waals surface area contributed by atoms with Crippen LogP contribution in [0.15, 0.2) is 60.7 Å². The molecule has 0 saturated heterocycles. The van der Waals surface area contributed by atoms with Crippen LogP contribution in [0.25, 0.3) is 0 Å². The van der Waals surface area contributed by atoms with Crippen LogP contribution in [0.5, 0.6) is 11.5 Å². The summed E-state index contributed by atoms with van der Waals surface area (Å²) in [6, 6.07) is 8.17. The number of benzene rings is 3. The van der Waals surface area contributed by atoms with Crippen LogP contribution in [0.4, 0.5) is 43.9 Å². The van der Waals surface area contributed by atoms with E-state index < -0.39 is 71.2 Å². The Labute approximate surface area is 220 Å². The van der Waals surface area contributed by atoms with E-state index in [9.17, 15) is 49.0 Å². The molecule has 2 N–H and O–H groups in total. The lowest BCUT2D eigenvalue weighted by Crippen LogP contribution is -2.40. The first-order valence-electron chi connectivity index (χ1n) is 10.9. The first-order valence-corrected chi connectivity index (χ1v) is 11.3. The van der Waals surface area contributed by atoms with Gasteiger partial charge in [0, 0.05) is 12.6 Å². The Balaban J connectivity index is 1.95. The second-order valence-corrected chi connectivity index (χ2v) is 8.75. The van der Waals surface area contributed by atoms with Crippen LogP contribution in [0.1, 0.15) is 28.3 Å². The smallest absolute Gasteiger partial charge is 0.417 e. The molecule has 0 amide bonds. The van der Waals surface area contributed by atoms with Gasteiger partial charge in [-0.05, 0) is 66.1 Å². The molecule has 0 heterocycles. The molecule has 14 heteroatoms. The summed E-state index contributed by atoms with van der Waals surface area (Å²) < 4.78 is 137. The average Bonchev–Trinajstić information content (AvgIpc) is 2.82. The summed E-state index contributed by atoms with van der Waals surface area (Å²) in [4.78, 5) is 0. The highest BCUT2D eigenvalue weighted by atomic mass is 35.5. The highest BCUT2D eigenvalue weighted by Crippen LogP contribution is 2.38. The Kier molecular flexibility index (Phi) is 9.08. The van der Waals surface area contributed by atoms with Crippen molar-refractivity contribution in [2.45, 2.75) is 37.1 Å². The van der Waals surface area contributed by atoms with Crippen molar-refractivity contribution < 1.29 is 53.7 Å². The lowest BCUT2D eigenvalue weighted by molar-refractivity contribution is -0.202. The van der Waals surface area contributed by atoms with Gasteiger partial charge in [0.2, 0.25) is 0 Å². The van der Waals surface area contributed by atoms with Crippen LogP contribution in [-0.2, 0) is 18.8 Å². The van der Waals surface area contributed by atoms with E-state index in [4.69, 9.17) is 16.3 Å². The number of ether oxygens (including phenoxy) is 1. The summed E-state index contributed by atoms with van der Waals surface area (Å²) in [6.07, 6.45) is -18.1. The number of hydrogen-bond acceptors (Lipinski definition) is 3. The quantitative estimate of drug-likeness (QED) is 0.261. The molecular weight excluding hydrogens is 572 g/mol. The number of aliphatic hydroxyl groups excluding tert-OH is 1. The fraction of sp³-hybridized carbons (Fsp3) is 0.280. The molecule has 0 fully saturated rings. The van der Waals surface area contributed by atoms with E-state index in [0.29, 0.717) is 24.3 Å². The SMILES string of the molecule is OC(CNC(Cc1cc(C(F)(F)F)ccc1F)c1cccc(Oc2ccc(Cl)c(C(F)(F)F)c2)c1)C(F)(F)F. The van der Waals surface area contributed by atoms with Gasteiger partial charge in [0.25, 0.3) is 0 Å². The molecule has 2 unspecified atom stereocenters. The van der Waals surface area contributed by atoms with E-state index in [-0.39, 0.29) is 17.1 Å². The summed E-state index contributed by atoms with van der Waals surface area (Å²) >= 11 is 5.59. The molecule has 0 aliphatic heterocycles. The normalized spacial score (nSPS) is 14.3. The molecular formula is C25H18ClF10NO2. The van der Waals surface area contributed by atoms with Crippen molar-refractivity contribution in [1.29, 1.82) is 0 Å². The standard InChI is InChI=1S/C25H18ClF10NO2/c26-19-6-5-17(11-18(19)24(31,32)33)39-16-3-1-2-13(9-16)21(37-12-22(38)25(34,35)36)10-14-8-15(23(28,29)30)4-7-20(14)27/h1-9,11,21-22,37-38H,10,12H2. The van der Waals surface area contributed by atoms with Crippen LogP contribution in [-0.4, -0.2) is 23.9 Å². The summed E-state index contributed by atoms with van der Waals surface area (Å²) in [7, 11) is 0. The van der Waals surface area contributed by atoms with E-state index in [0.717, 1.165) is 12.1 Å². The monoisotopic (exact) mass is 589 g/mol. The van der Waals surface area contributed by atoms with Gasteiger partial charge in [-0.1, -0.05) is 23.7 Å². The van der Waals surface area contributed by atoms with Gasteiger partial charge in [-0.25, -0.2) is 4.39 Å². The highest BCUT2D eigenvalue weighted by molar-refractivity contribution is 6.31. The minimum absolute atomic E-state index is 0.0868. The molecule has 0 radical (unpaired) electrons. The predicted molar refractivity (Wildman–Crippen MR) is 121 cm³/mol. The van der Waals surface area contributed by atoms with E-state index >= 15 is 0 Å². The zero-order valence-corrected chi connectivity index (χ0v) is 20.1. The number of hydrogen-bond donors (Lipinski definition) is 2. The fourth-order valence-electron chi connectivity index (χ4n) is 3.52. The second kappa shape index (κ2) is 11.6. The van der Waals surface area contributed by atoms with Gasteiger partial charge in [-0.15, -0.1) is 0 Å². The van der Waals surface area contributed by atoms with Crippen LogP contribution in [0, 0.1) is 5.82 Å². The first kappa shape index (κ1) is 30.5. The van der Waals surface area contributed by atoms with Crippen molar-refractivity contribution in [3.8, 4) is 11.5 Å². The third kappa shape index (κ3) is 8.23. The van der Waals surface area contributed by atoms with Crippen LogP contribution < -0.4 is 10.1 Å². The maximum absolute atomic E-state index is 14.4. The van der Waals surface area contributed by atoms with E-state index in [1.165, 1.54) is 24.3 Å². The lowest BCUT2D eigenvalue weighted by atomic mass is 9.96. The molecule has 3 nitrogen and oxygen atoms in total. The fourth-order valence-corrected chi connectivity index (χ4v) is 3.75. The van der Waals surface area contributed by atoms with Crippen molar-refractivity contribution in [3.05, 3.63) is 93.8 Å². The third-order valence-corrected chi connectivity index (χ3v) is 5.80. The molecule has 3 aromatic rings. The van der Waals surface area contributed by atoms with Gasteiger partial charge in [0.15, 0.2) is 6.10 Å². The molecule has 0 saturated carbocycles. The van der Waals surface area contributed by atoms with E-state index in [1.54, 1.807) is 0 Å². The minimum atomic E-state index is -5.02. The topological polar surface area (TPSA) is 41.5 Å². The van der Waals surface area contributed by atoms with E-state index in [1.807, 2.05) is 0 Å². The largest absolute Gasteiger partial charge is 0.457 e. The Bertz CT molecular complexity index is 1290. The van der Waals surface area contributed by atoms with Crippen LogP contribution in [0.2, 0.25) is 5.02 Å². The summed E-state index contributed by atoms with van der Waals surface area (Å²) in [5, 5.41) is 11.2. The van der Waals surface area contributed by atoms with Gasteiger partial charge in [-0.2, -0.15) is 39.5 Å². The van der Waals surface area contributed by atoms with Crippen molar-refractivity contribution in [1.82, 2.24) is 5.32 Å². The van der Waals surface area contributed by atoms with Gasteiger partial charge in [0.1, 0.15) is 17.3 Å². The minimum Gasteiger partial charge on any atom is -0.457 e. The third-order valence-electron chi connectivity index (χ3n) is 5.47. The van der Waals surface area contributed by atoms with Crippen LogP contribution >= 0.6 is 11.6 Å². The average molecular weight is 590 g/mol. The number of halogens is 11. The Morgan fingerprint density at radius 1 is 0.821 bits per heavy atom. The molecule has 0 spiro atoms. The molecule has 2 atom stereocenters. The molecule has 39 heavy (non-hydrogen) atoms. The summed E-state index contributed by atoms with van der Waals surface area (Å²) in [5.41, 5.74) is -2.77. The van der Waals surface area contributed by atoms with Gasteiger partial charge in [-0.3, -0.25) is 0 Å². The first-order chi connectivity index (χ1) is 17.9. The summed E-state index contributed by atoms with van der Waals surface area (Å²) in [5.74, 6) is -1.43.